The van der Waals surface area contributed by atoms with Crippen LogP contribution < -0.4 is 15.5 Å². The van der Waals surface area contributed by atoms with Crippen LogP contribution in [0.5, 0.6) is 0 Å². The van der Waals surface area contributed by atoms with Crippen LogP contribution in [0, 0.1) is 0 Å². The second-order valence-electron chi connectivity index (χ2n) is 7.62. The van der Waals surface area contributed by atoms with E-state index >= 15 is 0 Å². The van der Waals surface area contributed by atoms with E-state index in [9.17, 15) is 13.2 Å². The lowest BCUT2D eigenvalue weighted by atomic mass is 10.2. The van der Waals surface area contributed by atoms with Crippen molar-refractivity contribution in [3.8, 4) is 0 Å². The molecule has 1 aliphatic heterocycles. The largest absolute Gasteiger partial charge is 0.416 e. The lowest BCUT2D eigenvalue weighted by Gasteiger charge is -2.28. The predicted octanol–water partition coefficient (Wildman–Crippen LogP) is 5.23. The Bertz CT molecular complexity index is 1320. The van der Waals surface area contributed by atoms with E-state index in [-0.39, 0.29) is 11.6 Å². The van der Waals surface area contributed by atoms with E-state index in [0.29, 0.717) is 42.4 Å². The third kappa shape index (κ3) is 5.07. The van der Waals surface area contributed by atoms with Gasteiger partial charge in [0.15, 0.2) is 0 Å². The van der Waals surface area contributed by atoms with Gasteiger partial charge in [0.2, 0.25) is 5.95 Å². The summed E-state index contributed by atoms with van der Waals surface area (Å²) in [5.41, 5.74) is 0.961. The molecule has 0 saturated carbocycles. The highest BCUT2D eigenvalue weighted by Gasteiger charge is 2.31. The second-order valence-corrected chi connectivity index (χ2v) is 8.53. The van der Waals surface area contributed by atoms with Gasteiger partial charge in [-0.3, -0.25) is 0 Å². The average molecular weight is 534 g/mol. The molecule has 3 aromatic heterocycles. The number of anilines is 5. The second kappa shape index (κ2) is 9.11. The van der Waals surface area contributed by atoms with Gasteiger partial charge in [-0.25, -0.2) is 4.98 Å². The van der Waals surface area contributed by atoms with E-state index < -0.39 is 11.7 Å². The summed E-state index contributed by atoms with van der Waals surface area (Å²) in [5.74, 6) is 1.29. The lowest BCUT2D eigenvalue weighted by Crippen LogP contribution is -2.36. The molecule has 5 rings (SSSR count). The van der Waals surface area contributed by atoms with Gasteiger partial charge in [-0.05, 0) is 24.3 Å². The fraction of sp³-hybridized carbons (Fsp3) is 0.227. The van der Waals surface area contributed by atoms with Crippen LogP contribution >= 0.6 is 15.9 Å². The molecule has 0 atom stereocenters. The van der Waals surface area contributed by atoms with Crippen molar-refractivity contribution in [1.82, 2.24) is 19.4 Å². The maximum atomic E-state index is 13.3. The SMILES string of the molecule is FC(F)(F)c1cc(Br)cc(Nc2nc(Nc3ccn4ccnc4c3)cc(N3CCOCC3)n2)c1. The number of imidazole rings is 1. The minimum absolute atomic E-state index is 0.166. The topological polar surface area (TPSA) is 79.6 Å². The minimum Gasteiger partial charge on any atom is -0.378 e. The third-order valence-electron chi connectivity index (χ3n) is 5.20. The zero-order valence-electron chi connectivity index (χ0n) is 17.7. The number of pyridine rings is 1. The van der Waals surface area contributed by atoms with Crippen molar-refractivity contribution in [3.63, 3.8) is 0 Å². The number of nitrogens with one attached hydrogen (secondary N) is 2. The number of halogens is 4. The number of rotatable bonds is 5. The van der Waals surface area contributed by atoms with Crippen LogP contribution in [-0.2, 0) is 10.9 Å². The van der Waals surface area contributed by atoms with Crippen molar-refractivity contribution in [1.29, 1.82) is 0 Å². The van der Waals surface area contributed by atoms with E-state index in [2.05, 4.69) is 41.5 Å². The van der Waals surface area contributed by atoms with E-state index in [4.69, 9.17) is 4.74 Å². The highest BCUT2D eigenvalue weighted by atomic mass is 79.9. The van der Waals surface area contributed by atoms with Gasteiger partial charge in [0.25, 0.3) is 0 Å². The Morgan fingerprint density at radius 2 is 1.76 bits per heavy atom. The van der Waals surface area contributed by atoms with Gasteiger partial charge in [0.05, 0.1) is 18.8 Å². The molecule has 1 saturated heterocycles. The molecule has 2 N–H and O–H groups in total. The summed E-state index contributed by atoms with van der Waals surface area (Å²) < 4.78 is 47.4. The Morgan fingerprint density at radius 3 is 2.56 bits per heavy atom. The summed E-state index contributed by atoms with van der Waals surface area (Å²) in [7, 11) is 0. The molecule has 8 nitrogen and oxygen atoms in total. The van der Waals surface area contributed by atoms with E-state index in [1.807, 2.05) is 33.8 Å². The van der Waals surface area contributed by atoms with Crippen LogP contribution in [0.1, 0.15) is 5.56 Å². The number of aromatic nitrogens is 4. The number of morpholine rings is 1. The molecule has 1 aliphatic rings. The van der Waals surface area contributed by atoms with Gasteiger partial charge in [0, 0.05) is 59.7 Å². The first-order chi connectivity index (χ1) is 16.3. The molecule has 176 valence electrons. The number of benzene rings is 1. The molecule has 12 heteroatoms. The monoisotopic (exact) mass is 533 g/mol. The van der Waals surface area contributed by atoms with Gasteiger partial charge < -0.3 is 24.7 Å². The highest BCUT2D eigenvalue weighted by Crippen LogP contribution is 2.34. The molecule has 34 heavy (non-hydrogen) atoms. The number of alkyl halides is 3. The van der Waals surface area contributed by atoms with Gasteiger partial charge in [-0.1, -0.05) is 15.9 Å². The van der Waals surface area contributed by atoms with E-state index in [1.54, 1.807) is 18.3 Å². The van der Waals surface area contributed by atoms with Crippen molar-refractivity contribution in [3.05, 3.63) is 65.0 Å². The molecule has 1 fully saturated rings. The number of hydrogen-bond acceptors (Lipinski definition) is 7. The summed E-state index contributed by atoms with van der Waals surface area (Å²) in [4.78, 5) is 15.4. The average Bonchev–Trinajstić information content (AvgIpc) is 3.26. The number of ether oxygens (including phenoxy) is 1. The Morgan fingerprint density at radius 1 is 0.941 bits per heavy atom. The van der Waals surface area contributed by atoms with Crippen LogP contribution in [0.4, 0.5) is 42.1 Å². The minimum atomic E-state index is -4.48. The molecule has 0 aliphatic carbocycles. The van der Waals surface area contributed by atoms with Crippen molar-refractivity contribution < 1.29 is 17.9 Å². The molecular formula is C22H19BrF3N7O. The third-order valence-corrected chi connectivity index (χ3v) is 5.66. The molecule has 0 radical (unpaired) electrons. The van der Waals surface area contributed by atoms with E-state index in [1.165, 1.54) is 0 Å². The smallest absolute Gasteiger partial charge is 0.378 e. The van der Waals surface area contributed by atoms with Crippen LogP contribution in [0.3, 0.4) is 0 Å². The number of nitrogens with zero attached hydrogens (tertiary/aromatic N) is 5. The standard InChI is InChI=1S/C22H19BrF3N7O/c23-15-9-14(22(24,25)26)10-17(11-15)29-21-30-18(13-20(31-21)33-5-7-34-8-6-33)28-16-1-3-32-4-2-27-19(32)12-16/h1-4,9-13H,5-8H2,(H2,28,29,30,31). The Labute approximate surface area is 200 Å². The van der Waals surface area contributed by atoms with Gasteiger partial charge in [-0.2, -0.15) is 23.1 Å². The summed E-state index contributed by atoms with van der Waals surface area (Å²) in [6, 6.07) is 9.13. The first-order valence-electron chi connectivity index (χ1n) is 10.4. The summed E-state index contributed by atoms with van der Waals surface area (Å²) in [6.07, 6.45) is 0.939. The van der Waals surface area contributed by atoms with Gasteiger partial charge >= 0.3 is 6.18 Å². The van der Waals surface area contributed by atoms with Crippen molar-refractivity contribution in [2.24, 2.45) is 0 Å². The quantitative estimate of drug-likeness (QED) is 0.363. The molecule has 4 heterocycles. The lowest BCUT2D eigenvalue weighted by molar-refractivity contribution is -0.137. The van der Waals surface area contributed by atoms with Gasteiger partial charge in [0.1, 0.15) is 17.3 Å². The summed E-state index contributed by atoms with van der Waals surface area (Å²) in [6.45, 7) is 2.41. The van der Waals surface area contributed by atoms with E-state index in [0.717, 1.165) is 23.5 Å². The zero-order valence-corrected chi connectivity index (χ0v) is 19.3. The van der Waals surface area contributed by atoms with Crippen molar-refractivity contribution >= 4 is 50.5 Å². The molecule has 4 aromatic rings. The highest BCUT2D eigenvalue weighted by molar-refractivity contribution is 9.10. The fourth-order valence-electron chi connectivity index (χ4n) is 3.60. The predicted molar refractivity (Wildman–Crippen MR) is 126 cm³/mol. The molecule has 0 amide bonds. The van der Waals surface area contributed by atoms with Crippen LogP contribution in [0.15, 0.2) is 59.5 Å². The first-order valence-corrected chi connectivity index (χ1v) is 11.2. The Kier molecular flexibility index (Phi) is 6.00. The fourth-order valence-corrected chi connectivity index (χ4v) is 4.09. The van der Waals surface area contributed by atoms with Crippen LogP contribution in [0.25, 0.3) is 5.65 Å². The van der Waals surface area contributed by atoms with Gasteiger partial charge in [-0.15, -0.1) is 0 Å². The molecule has 0 bridgehead atoms. The number of hydrogen-bond donors (Lipinski definition) is 2. The maximum Gasteiger partial charge on any atom is 0.416 e. The Balaban J connectivity index is 1.49. The number of fused-ring (bicyclic) bond motifs is 1. The van der Waals surface area contributed by atoms with Crippen LogP contribution in [0.2, 0.25) is 0 Å². The summed E-state index contributed by atoms with van der Waals surface area (Å²) in [5, 5.41) is 6.17. The van der Waals surface area contributed by atoms with Crippen molar-refractivity contribution in [2.75, 3.05) is 41.8 Å². The molecule has 0 unspecified atom stereocenters. The Hall–Kier alpha value is -3.38. The summed E-state index contributed by atoms with van der Waals surface area (Å²) >= 11 is 3.15. The normalized spacial score (nSPS) is 14.4. The zero-order chi connectivity index (χ0) is 23.7. The molecular weight excluding hydrogens is 515 g/mol. The van der Waals surface area contributed by atoms with Crippen molar-refractivity contribution in [2.45, 2.75) is 6.18 Å². The maximum absolute atomic E-state index is 13.3. The molecule has 1 aromatic carbocycles. The molecule has 0 spiro atoms. The first kappa shape index (κ1) is 22.4. The van der Waals surface area contributed by atoms with Crippen LogP contribution in [-0.4, -0.2) is 45.7 Å².